The van der Waals surface area contributed by atoms with Crippen molar-refractivity contribution >= 4 is 23.5 Å². The highest BCUT2D eigenvalue weighted by Gasteiger charge is 2.48. The lowest BCUT2D eigenvalue weighted by Gasteiger charge is -2.17. The van der Waals surface area contributed by atoms with E-state index in [9.17, 15) is 24.3 Å². The summed E-state index contributed by atoms with van der Waals surface area (Å²) in [4.78, 5) is 47.8. The summed E-state index contributed by atoms with van der Waals surface area (Å²) in [6.07, 6.45) is 0. The summed E-state index contributed by atoms with van der Waals surface area (Å²) in [6.45, 7) is 3.95. The van der Waals surface area contributed by atoms with Gasteiger partial charge in [0.05, 0.1) is 25.8 Å². The first-order chi connectivity index (χ1) is 12.7. The van der Waals surface area contributed by atoms with E-state index in [1.165, 1.54) is 13.0 Å². The van der Waals surface area contributed by atoms with Gasteiger partial charge >= 0.3 is 0 Å². The van der Waals surface area contributed by atoms with Gasteiger partial charge in [0.2, 0.25) is 11.8 Å². The molecule has 0 spiro atoms. The number of carbonyl (C=O) groups is 4. The number of rotatable bonds is 9. The third-order valence-corrected chi connectivity index (χ3v) is 3.96. The minimum atomic E-state index is -1.28. The lowest BCUT2D eigenvalue weighted by Crippen LogP contribution is -2.52. The number of Topliss-reactive ketones (excluding diaryl/α,β-unsaturated/α-hetero) is 1. The summed E-state index contributed by atoms with van der Waals surface area (Å²) in [7, 11) is 0. The molecule has 0 radical (unpaired) electrons. The summed E-state index contributed by atoms with van der Waals surface area (Å²) in [5, 5.41) is 19.8. The number of aromatic nitrogens is 1. The second-order valence-corrected chi connectivity index (χ2v) is 6.42. The molecule has 0 bridgehead atoms. The predicted molar refractivity (Wildman–Crippen MR) is 89.6 cm³/mol. The molecule has 148 valence electrons. The summed E-state index contributed by atoms with van der Waals surface area (Å²) < 4.78 is 9.79. The number of hydrogen-bond acceptors (Lipinski definition) is 8. The van der Waals surface area contributed by atoms with Crippen LogP contribution in [0.2, 0.25) is 0 Å². The van der Waals surface area contributed by atoms with Crippen LogP contribution in [-0.4, -0.2) is 71.2 Å². The van der Waals surface area contributed by atoms with Crippen LogP contribution in [0.1, 0.15) is 30.1 Å². The highest BCUT2D eigenvalue weighted by Crippen LogP contribution is 2.28. The molecule has 2 heterocycles. The number of hydrogen-bond donors (Lipinski definition) is 4. The fraction of sp³-hybridized carbons (Fsp3) is 0.562. The average molecular weight is 382 g/mol. The average Bonchev–Trinajstić information content (AvgIpc) is 3.23. The number of nitrogens with zero attached hydrogens (tertiary/aromatic N) is 1. The Hall–Kier alpha value is -2.79. The van der Waals surface area contributed by atoms with Gasteiger partial charge in [0, 0.05) is 6.07 Å². The van der Waals surface area contributed by atoms with E-state index in [0.29, 0.717) is 12.4 Å². The molecule has 0 saturated carbocycles. The van der Waals surface area contributed by atoms with Gasteiger partial charge in [0.1, 0.15) is 17.4 Å². The van der Waals surface area contributed by atoms with Gasteiger partial charge < -0.3 is 30.3 Å². The molecule has 2 rings (SSSR count). The quantitative estimate of drug-likeness (QED) is 0.358. The number of ketones is 1. The van der Waals surface area contributed by atoms with Crippen LogP contribution in [0.3, 0.4) is 0 Å². The van der Waals surface area contributed by atoms with E-state index < -0.39 is 48.6 Å². The zero-order chi connectivity index (χ0) is 20.2. The van der Waals surface area contributed by atoms with Crippen LogP contribution < -0.4 is 16.0 Å². The second-order valence-electron chi connectivity index (χ2n) is 6.42. The van der Waals surface area contributed by atoms with Gasteiger partial charge in [0.25, 0.3) is 5.91 Å². The van der Waals surface area contributed by atoms with Crippen LogP contribution in [0, 0.1) is 6.92 Å². The van der Waals surface area contributed by atoms with E-state index in [-0.39, 0.29) is 11.5 Å². The lowest BCUT2D eigenvalue weighted by atomic mass is 10.0. The van der Waals surface area contributed by atoms with Crippen molar-refractivity contribution in [3.63, 3.8) is 0 Å². The van der Waals surface area contributed by atoms with Gasteiger partial charge in [0.15, 0.2) is 11.5 Å². The SMILES string of the molecule is Cc1cc(C(=O)N[C@@H](CO)C(=O)NCC(=O)NC(C)C(=O)[C@@]2(C)CO2)no1. The van der Waals surface area contributed by atoms with Crippen molar-refractivity contribution in [1.82, 2.24) is 21.1 Å². The number of aliphatic hydroxyl groups excluding tert-OH is 1. The molecule has 1 aliphatic rings. The van der Waals surface area contributed by atoms with Crippen LogP contribution in [0.25, 0.3) is 0 Å². The van der Waals surface area contributed by atoms with E-state index >= 15 is 0 Å². The predicted octanol–water partition coefficient (Wildman–Crippen LogP) is -1.95. The maximum atomic E-state index is 12.0. The first-order valence-electron chi connectivity index (χ1n) is 8.26. The molecule has 11 heteroatoms. The Kier molecular flexibility index (Phi) is 6.28. The van der Waals surface area contributed by atoms with Gasteiger partial charge in [-0.05, 0) is 20.8 Å². The molecule has 0 aromatic carbocycles. The Labute approximate surface area is 154 Å². The molecule has 1 aromatic heterocycles. The lowest BCUT2D eigenvalue weighted by molar-refractivity contribution is -0.131. The monoisotopic (exact) mass is 382 g/mol. The van der Waals surface area contributed by atoms with Crippen molar-refractivity contribution in [2.24, 2.45) is 0 Å². The highest BCUT2D eigenvalue weighted by molar-refractivity contribution is 5.98. The minimum Gasteiger partial charge on any atom is -0.394 e. The smallest absolute Gasteiger partial charge is 0.274 e. The van der Waals surface area contributed by atoms with Gasteiger partial charge in [-0.3, -0.25) is 19.2 Å². The zero-order valence-corrected chi connectivity index (χ0v) is 15.2. The number of nitrogens with one attached hydrogen (secondary N) is 3. The summed E-state index contributed by atoms with van der Waals surface area (Å²) in [5.74, 6) is -1.91. The normalized spacial score (nSPS) is 20.3. The highest BCUT2D eigenvalue weighted by atomic mass is 16.6. The molecule has 1 saturated heterocycles. The number of carbonyl (C=O) groups excluding carboxylic acids is 4. The van der Waals surface area contributed by atoms with Crippen molar-refractivity contribution in [1.29, 1.82) is 0 Å². The molecule has 3 atom stereocenters. The number of epoxide rings is 1. The fourth-order valence-corrected chi connectivity index (χ4v) is 2.26. The first-order valence-corrected chi connectivity index (χ1v) is 8.26. The van der Waals surface area contributed by atoms with E-state index in [1.807, 2.05) is 0 Å². The van der Waals surface area contributed by atoms with Gasteiger partial charge in [-0.15, -0.1) is 0 Å². The molecule has 4 N–H and O–H groups in total. The van der Waals surface area contributed by atoms with Crippen molar-refractivity contribution in [3.8, 4) is 0 Å². The molecule has 1 fully saturated rings. The number of aryl methyl sites for hydroxylation is 1. The van der Waals surface area contributed by atoms with Crippen LogP contribution in [0.15, 0.2) is 10.6 Å². The van der Waals surface area contributed by atoms with Gasteiger partial charge in [-0.2, -0.15) is 0 Å². The molecule has 0 aliphatic carbocycles. The number of aliphatic hydroxyl groups is 1. The molecular formula is C16H22N4O7. The van der Waals surface area contributed by atoms with Crippen molar-refractivity contribution in [2.75, 3.05) is 19.8 Å². The Balaban J connectivity index is 1.79. The summed E-state index contributed by atoms with van der Waals surface area (Å²) >= 11 is 0. The summed E-state index contributed by atoms with van der Waals surface area (Å²) in [5.41, 5.74) is -0.901. The molecule has 1 unspecified atom stereocenters. The van der Waals surface area contributed by atoms with Crippen LogP contribution in [-0.2, 0) is 19.1 Å². The molecule has 1 aliphatic heterocycles. The van der Waals surface area contributed by atoms with Crippen molar-refractivity contribution < 1.29 is 33.5 Å². The third-order valence-electron chi connectivity index (χ3n) is 3.96. The van der Waals surface area contributed by atoms with Crippen LogP contribution in [0.5, 0.6) is 0 Å². The Morgan fingerprint density at radius 2 is 2.00 bits per heavy atom. The van der Waals surface area contributed by atoms with E-state index in [0.717, 1.165) is 0 Å². The summed E-state index contributed by atoms with van der Waals surface area (Å²) in [6, 6.07) is -0.678. The van der Waals surface area contributed by atoms with Crippen LogP contribution in [0.4, 0.5) is 0 Å². The first kappa shape index (κ1) is 20.5. The standard InChI is InChI=1S/C16H22N4O7/c1-8-4-10(20-27-8)15(25)19-11(6-21)14(24)17-5-12(22)18-9(2)13(23)16(3)7-26-16/h4,9,11,21H,5-7H2,1-3H3,(H,17,24)(H,18,22)(H,19,25)/t9?,11-,16+/m0/s1. The van der Waals surface area contributed by atoms with E-state index in [4.69, 9.17) is 9.26 Å². The van der Waals surface area contributed by atoms with E-state index in [2.05, 4.69) is 21.1 Å². The Morgan fingerprint density at radius 1 is 1.33 bits per heavy atom. The van der Waals surface area contributed by atoms with Crippen molar-refractivity contribution in [2.45, 2.75) is 38.5 Å². The zero-order valence-electron chi connectivity index (χ0n) is 15.2. The van der Waals surface area contributed by atoms with Crippen molar-refractivity contribution in [3.05, 3.63) is 17.5 Å². The number of amides is 3. The van der Waals surface area contributed by atoms with Crippen LogP contribution >= 0.6 is 0 Å². The maximum Gasteiger partial charge on any atom is 0.274 e. The van der Waals surface area contributed by atoms with Gasteiger partial charge in [-0.1, -0.05) is 5.16 Å². The maximum absolute atomic E-state index is 12.0. The molecule has 3 amide bonds. The molecule has 27 heavy (non-hydrogen) atoms. The number of ether oxygens (including phenoxy) is 1. The van der Waals surface area contributed by atoms with E-state index in [1.54, 1.807) is 13.8 Å². The molecule has 11 nitrogen and oxygen atoms in total. The second kappa shape index (κ2) is 8.27. The molecular weight excluding hydrogens is 360 g/mol. The van der Waals surface area contributed by atoms with Gasteiger partial charge in [-0.25, -0.2) is 0 Å². The molecule has 1 aromatic rings. The fourth-order valence-electron chi connectivity index (χ4n) is 2.26. The largest absolute Gasteiger partial charge is 0.394 e. The minimum absolute atomic E-state index is 0.0420. The Morgan fingerprint density at radius 3 is 2.52 bits per heavy atom. The third kappa shape index (κ3) is 5.34. The topological polar surface area (TPSA) is 163 Å². The Bertz CT molecular complexity index is 741.